The highest BCUT2D eigenvalue weighted by molar-refractivity contribution is 6.30. The first-order valence-corrected chi connectivity index (χ1v) is 9.71. The fourth-order valence-electron chi connectivity index (χ4n) is 2.85. The van der Waals surface area contributed by atoms with Crippen molar-refractivity contribution in [1.82, 2.24) is 5.43 Å². The molecule has 3 aromatic rings. The second-order valence-electron chi connectivity index (χ2n) is 6.64. The van der Waals surface area contributed by atoms with Crippen molar-refractivity contribution in [3.05, 3.63) is 88.4 Å². The summed E-state index contributed by atoms with van der Waals surface area (Å²) in [6.07, 6.45) is 1.78. The molecule has 6 nitrogen and oxygen atoms in total. The number of carbonyl (C=O) groups excluding carboxylic acids is 1. The highest BCUT2D eigenvalue weighted by Gasteiger charge is 2.14. The summed E-state index contributed by atoms with van der Waals surface area (Å²) in [6.45, 7) is 0.667. The number of amides is 1. The number of nitrogens with one attached hydrogen (secondary N) is 1. The molecule has 0 fully saturated rings. The van der Waals surface area contributed by atoms with E-state index in [1.165, 1.54) is 0 Å². The van der Waals surface area contributed by atoms with Crippen LogP contribution in [0.15, 0.2) is 71.8 Å². The topological polar surface area (TPSA) is 69.2 Å². The zero-order valence-corrected chi connectivity index (χ0v) is 16.8. The largest absolute Gasteiger partial charge is 0.489 e. The Hall–Kier alpha value is -3.51. The molecule has 0 spiro atoms. The number of benzene rings is 3. The van der Waals surface area contributed by atoms with E-state index < -0.39 is 0 Å². The third kappa shape index (κ3) is 5.30. The van der Waals surface area contributed by atoms with Crippen LogP contribution in [0.4, 0.5) is 0 Å². The van der Waals surface area contributed by atoms with Gasteiger partial charge in [0, 0.05) is 5.02 Å². The molecule has 0 saturated heterocycles. The third-order valence-electron chi connectivity index (χ3n) is 4.40. The first kappa shape index (κ1) is 19.8. The number of rotatable bonds is 7. The standard InChI is InChI=1S/C23H19ClN2O4/c24-19-6-1-17(2-7-19)14-28-20-8-3-16(4-9-20)13-25-26-23(27)12-18-5-10-21-22(11-18)30-15-29-21/h1-11,13H,12,14-15H2,(H,26,27)/b25-13-. The maximum Gasteiger partial charge on any atom is 0.244 e. The van der Waals surface area contributed by atoms with Gasteiger partial charge in [0.1, 0.15) is 12.4 Å². The lowest BCUT2D eigenvalue weighted by Crippen LogP contribution is -2.19. The Morgan fingerprint density at radius 1 is 1.00 bits per heavy atom. The van der Waals surface area contributed by atoms with E-state index >= 15 is 0 Å². The average Bonchev–Trinajstić information content (AvgIpc) is 3.22. The molecule has 1 aliphatic rings. The van der Waals surface area contributed by atoms with Gasteiger partial charge in [0.25, 0.3) is 0 Å². The number of carbonyl (C=O) groups is 1. The second-order valence-corrected chi connectivity index (χ2v) is 7.08. The van der Waals surface area contributed by atoms with Gasteiger partial charge in [-0.1, -0.05) is 29.8 Å². The Morgan fingerprint density at radius 3 is 2.53 bits per heavy atom. The van der Waals surface area contributed by atoms with Crippen LogP contribution in [0.25, 0.3) is 0 Å². The van der Waals surface area contributed by atoms with Gasteiger partial charge in [-0.15, -0.1) is 0 Å². The van der Waals surface area contributed by atoms with Gasteiger partial charge in [0.05, 0.1) is 12.6 Å². The molecule has 3 aromatic carbocycles. The molecule has 0 aliphatic carbocycles. The van der Waals surface area contributed by atoms with Gasteiger partial charge in [-0.05, 0) is 65.2 Å². The summed E-state index contributed by atoms with van der Waals surface area (Å²) in [5, 5.41) is 4.71. The predicted molar refractivity (Wildman–Crippen MR) is 114 cm³/mol. The number of hydrogen-bond acceptors (Lipinski definition) is 5. The molecular formula is C23H19ClN2O4. The number of hydrazone groups is 1. The molecule has 7 heteroatoms. The van der Waals surface area contributed by atoms with Gasteiger partial charge >= 0.3 is 0 Å². The van der Waals surface area contributed by atoms with Crippen LogP contribution in [0, 0.1) is 0 Å². The minimum absolute atomic E-state index is 0.200. The summed E-state index contributed by atoms with van der Waals surface area (Å²) >= 11 is 5.88. The van der Waals surface area contributed by atoms with Crippen molar-refractivity contribution in [2.45, 2.75) is 13.0 Å². The molecular weight excluding hydrogens is 404 g/mol. The molecule has 4 rings (SSSR count). The Kier molecular flexibility index (Phi) is 6.15. The minimum atomic E-state index is -0.215. The quantitative estimate of drug-likeness (QED) is 0.454. The fourth-order valence-corrected chi connectivity index (χ4v) is 2.98. The van der Waals surface area contributed by atoms with Crippen molar-refractivity contribution in [2.75, 3.05) is 6.79 Å². The number of nitrogens with zero attached hydrogens (tertiary/aromatic N) is 1. The van der Waals surface area contributed by atoms with Crippen molar-refractivity contribution >= 4 is 23.7 Å². The maximum atomic E-state index is 12.1. The molecule has 0 unspecified atom stereocenters. The van der Waals surface area contributed by atoms with E-state index in [-0.39, 0.29) is 19.1 Å². The molecule has 1 N–H and O–H groups in total. The predicted octanol–water partition coefficient (Wildman–Crippen LogP) is 4.34. The third-order valence-corrected chi connectivity index (χ3v) is 4.66. The molecule has 0 saturated carbocycles. The van der Waals surface area contributed by atoms with Crippen LogP contribution in [0.5, 0.6) is 17.2 Å². The minimum Gasteiger partial charge on any atom is -0.489 e. The highest BCUT2D eigenvalue weighted by atomic mass is 35.5. The summed E-state index contributed by atoms with van der Waals surface area (Å²) in [4.78, 5) is 12.1. The lowest BCUT2D eigenvalue weighted by Gasteiger charge is -2.06. The Bertz CT molecular complexity index is 1050. The number of hydrogen-bond donors (Lipinski definition) is 1. The number of ether oxygens (including phenoxy) is 3. The molecule has 0 bridgehead atoms. The second kappa shape index (κ2) is 9.33. The average molecular weight is 423 g/mol. The van der Waals surface area contributed by atoms with E-state index in [9.17, 15) is 4.79 Å². The summed E-state index contributed by atoms with van der Waals surface area (Å²) in [5.41, 5.74) is 5.24. The first-order chi connectivity index (χ1) is 14.7. The zero-order valence-electron chi connectivity index (χ0n) is 16.0. The normalized spacial score (nSPS) is 12.2. The molecule has 1 heterocycles. The van der Waals surface area contributed by atoms with Crippen molar-refractivity contribution in [3.8, 4) is 17.2 Å². The summed E-state index contributed by atoms with van der Waals surface area (Å²) in [5.74, 6) is 1.88. The Labute approximate surface area is 179 Å². The Morgan fingerprint density at radius 2 is 1.73 bits per heavy atom. The molecule has 1 aliphatic heterocycles. The Balaban J connectivity index is 1.24. The van der Waals surface area contributed by atoms with E-state index in [0.717, 1.165) is 22.4 Å². The van der Waals surface area contributed by atoms with Crippen LogP contribution in [-0.2, 0) is 17.8 Å². The van der Waals surface area contributed by atoms with Gasteiger partial charge in [0.15, 0.2) is 11.5 Å². The van der Waals surface area contributed by atoms with Gasteiger partial charge in [-0.3, -0.25) is 4.79 Å². The van der Waals surface area contributed by atoms with Crippen LogP contribution in [-0.4, -0.2) is 18.9 Å². The zero-order chi connectivity index (χ0) is 20.8. The molecule has 0 radical (unpaired) electrons. The maximum absolute atomic E-state index is 12.1. The molecule has 1 amide bonds. The lowest BCUT2D eigenvalue weighted by atomic mass is 10.1. The van der Waals surface area contributed by atoms with E-state index in [0.29, 0.717) is 23.1 Å². The summed E-state index contributed by atoms with van der Waals surface area (Å²) < 4.78 is 16.3. The van der Waals surface area contributed by atoms with Gasteiger partial charge in [0.2, 0.25) is 12.7 Å². The van der Waals surface area contributed by atoms with Crippen molar-refractivity contribution in [2.24, 2.45) is 5.10 Å². The van der Waals surface area contributed by atoms with Gasteiger partial charge in [-0.25, -0.2) is 5.43 Å². The van der Waals surface area contributed by atoms with Crippen LogP contribution in [0.1, 0.15) is 16.7 Å². The molecule has 152 valence electrons. The molecule has 0 aromatic heterocycles. The lowest BCUT2D eigenvalue weighted by molar-refractivity contribution is -0.120. The first-order valence-electron chi connectivity index (χ1n) is 9.33. The van der Waals surface area contributed by atoms with E-state index in [1.807, 2.05) is 54.6 Å². The summed E-state index contributed by atoms with van der Waals surface area (Å²) in [7, 11) is 0. The van der Waals surface area contributed by atoms with E-state index in [1.54, 1.807) is 18.3 Å². The van der Waals surface area contributed by atoms with Crippen LogP contribution in [0.2, 0.25) is 5.02 Å². The fraction of sp³-hybridized carbons (Fsp3) is 0.130. The summed E-state index contributed by atoms with van der Waals surface area (Å²) in [6, 6.07) is 20.4. The van der Waals surface area contributed by atoms with E-state index in [4.69, 9.17) is 25.8 Å². The highest BCUT2D eigenvalue weighted by Crippen LogP contribution is 2.32. The van der Waals surface area contributed by atoms with Crippen LogP contribution < -0.4 is 19.6 Å². The number of halogens is 1. The molecule has 30 heavy (non-hydrogen) atoms. The number of fused-ring (bicyclic) bond motifs is 1. The SMILES string of the molecule is O=C(Cc1ccc2c(c1)OCO2)N/N=C\c1ccc(OCc2ccc(Cl)cc2)cc1. The smallest absolute Gasteiger partial charge is 0.244 e. The van der Waals surface area contributed by atoms with E-state index in [2.05, 4.69) is 10.5 Å². The molecule has 0 atom stereocenters. The van der Waals surface area contributed by atoms with Crippen LogP contribution >= 0.6 is 11.6 Å². The van der Waals surface area contributed by atoms with Crippen molar-refractivity contribution in [1.29, 1.82) is 0 Å². The van der Waals surface area contributed by atoms with Crippen molar-refractivity contribution < 1.29 is 19.0 Å². The monoisotopic (exact) mass is 422 g/mol. The van der Waals surface area contributed by atoms with Gasteiger partial charge < -0.3 is 14.2 Å². The van der Waals surface area contributed by atoms with Crippen molar-refractivity contribution in [3.63, 3.8) is 0 Å². The van der Waals surface area contributed by atoms with Crippen LogP contribution in [0.3, 0.4) is 0 Å². The van der Waals surface area contributed by atoms with Gasteiger partial charge in [-0.2, -0.15) is 5.10 Å².